The minimum Gasteiger partial charge on any atom is -0.480 e. The van der Waals surface area contributed by atoms with E-state index in [1.807, 2.05) is 0 Å². The fraction of sp³-hybridized carbons (Fsp3) is 0.739. The van der Waals surface area contributed by atoms with E-state index in [4.69, 9.17) is 34.4 Å². The molecule has 0 aromatic carbocycles. The van der Waals surface area contributed by atoms with Gasteiger partial charge in [-0.3, -0.25) is 24.2 Å². The number of carbonyl (C=O) groups is 5. The average Bonchev–Trinajstić information content (AvgIpc) is 2.86. The van der Waals surface area contributed by atoms with Gasteiger partial charge in [-0.1, -0.05) is 6.42 Å². The van der Waals surface area contributed by atoms with Gasteiger partial charge >= 0.3 is 5.97 Å². The number of hydrogen-bond acceptors (Lipinski definition) is 9. The van der Waals surface area contributed by atoms with E-state index < -0.39 is 53.8 Å². The van der Waals surface area contributed by atoms with E-state index >= 15 is 0 Å². The Balaban J connectivity index is 5.52. The zero-order valence-electron chi connectivity index (χ0n) is 22.4. The number of primary amides is 1. The van der Waals surface area contributed by atoms with Crippen molar-refractivity contribution in [1.82, 2.24) is 16.0 Å². The number of carboxylic acid groups (broad SMARTS) is 1. The Labute approximate surface area is 228 Å². The number of aliphatic carboxylic acids is 1. The molecule has 0 heterocycles. The maximum absolute atomic E-state index is 13.1. The van der Waals surface area contributed by atoms with Crippen LogP contribution in [0.3, 0.4) is 0 Å². The Morgan fingerprint density at radius 2 is 1.15 bits per heavy atom. The van der Waals surface area contributed by atoms with E-state index in [1.165, 1.54) is 0 Å². The van der Waals surface area contributed by atoms with Crippen LogP contribution in [0.25, 0.3) is 0 Å². The van der Waals surface area contributed by atoms with E-state index in [0.717, 1.165) is 0 Å². The molecule has 0 aliphatic heterocycles. The lowest BCUT2D eigenvalue weighted by Crippen LogP contribution is -2.57. The number of nitrogens with two attached hydrogens (primary N) is 6. The minimum atomic E-state index is -1.30. The van der Waals surface area contributed by atoms with Crippen molar-refractivity contribution in [3.63, 3.8) is 0 Å². The fourth-order valence-electron chi connectivity index (χ4n) is 3.54. The third kappa shape index (κ3) is 16.9. The Morgan fingerprint density at radius 1 is 0.667 bits per heavy atom. The van der Waals surface area contributed by atoms with Crippen molar-refractivity contribution in [2.24, 2.45) is 39.4 Å². The van der Waals surface area contributed by atoms with Gasteiger partial charge in [-0.2, -0.15) is 0 Å². The number of rotatable bonds is 22. The van der Waals surface area contributed by atoms with Gasteiger partial charge in [-0.15, -0.1) is 0 Å². The Hall–Kier alpha value is -3.50. The van der Waals surface area contributed by atoms with Crippen molar-refractivity contribution in [3.8, 4) is 0 Å². The first-order valence-corrected chi connectivity index (χ1v) is 13.1. The molecule has 0 aromatic rings. The first kappa shape index (κ1) is 35.5. The van der Waals surface area contributed by atoms with Crippen molar-refractivity contribution in [2.75, 3.05) is 19.6 Å². The Kier molecular flexibility index (Phi) is 18.6. The molecular formula is C23H46N10O6. The molecule has 4 atom stereocenters. The predicted octanol–water partition coefficient (Wildman–Crippen LogP) is -3.57. The van der Waals surface area contributed by atoms with Crippen molar-refractivity contribution < 1.29 is 29.1 Å². The van der Waals surface area contributed by atoms with Crippen molar-refractivity contribution in [1.29, 1.82) is 0 Å². The average molecular weight is 559 g/mol. The molecule has 0 saturated heterocycles. The molecule has 0 fully saturated rings. The molecule has 4 amide bonds. The maximum atomic E-state index is 13.1. The summed E-state index contributed by atoms with van der Waals surface area (Å²) in [6.07, 6.45) is 2.86. The molecule has 16 N–H and O–H groups in total. The molecule has 0 spiro atoms. The number of hydrogen-bond donors (Lipinski definition) is 10. The molecular weight excluding hydrogens is 512 g/mol. The highest BCUT2D eigenvalue weighted by Crippen LogP contribution is 2.07. The quantitative estimate of drug-likeness (QED) is 0.0352. The predicted molar refractivity (Wildman–Crippen MR) is 146 cm³/mol. The van der Waals surface area contributed by atoms with Gasteiger partial charge in [0.2, 0.25) is 23.6 Å². The second-order valence-electron chi connectivity index (χ2n) is 9.15. The normalized spacial score (nSPS) is 13.8. The smallest absolute Gasteiger partial charge is 0.326 e. The molecule has 0 bridgehead atoms. The van der Waals surface area contributed by atoms with Crippen LogP contribution in [0.2, 0.25) is 0 Å². The standard InChI is InChI=1S/C23H46N10O6/c24-11-3-1-6-14(26)19(35)31-15(7-2-4-12-25)20(36)32-16(9-10-18(27)34)21(37)33-17(22(38)39)8-5-13-30-23(28)29/h14-17H,1-13,24-26H2,(H2,27,34)(H,31,35)(H,32,36)(H,33,37)(H,38,39)(H4,28,29,30). The number of amides is 4. The first-order valence-electron chi connectivity index (χ1n) is 13.1. The van der Waals surface area contributed by atoms with Gasteiger partial charge in [0.25, 0.3) is 0 Å². The van der Waals surface area contributed by atoms with Gasteiger partial charge in [0.15, 0.2) is 5.96 Å². The molecule has 4 unspecified atom stereocenters. The minimum absolute atomic E-state index is 0.00809. The van der Waals surface area contributed by atoms with Crippen LogP contribution in [0.4, 0.5) is 0 Å². The lowest BCUT2D eigenvalue weighted by atomic mass is 10.0. The van der Waals surface area contributed by atoms with E-state index in [0.29, 0.717) is 45.2 Å². The molecule has 16 heteroatoms. The number of nitrogens with one attached hydrogen (secondary N) is 3. The molecule has 16 nitrogen and oxygen atoms in total. The van der Waals surface area contributed by atoms with Gasteiger partial charge in [0, 0.05) is 13.0 Å². The van der Waals surface area contributed by atoms with Gasteiger partial charge in [-0.25, -0.2) is 4.79 Å². The summed E-state index contributed by atoms with van der Waals surface area (Å²) in [7, 11) is 0. The van der Waals surface area contributed by atoms with E-state index in [9.17, 15) is 29.1 Å². The molecule has 0 aliphatic carbocycles. The van der Waals surface area contributed by atoms with Crippen molar-refractivity contribution in [3.05, 3.63) is 0 Å². The van der Waals surface area contributed by atoms with E-state index in [1.54, 1.807) is 0 Å². The van der Waals surface area contributed by atoms with Crippen LogP contribution in [0, 0.1) is 0 Å². The summed E-state index contributed by atoms with van der Waals surface area (Å²) in [5.41, 5.74) is 32.7. The molecule has 0 rings (SSSR count). The van der Waals surface area contributed by atoms with Crippen molar-refractivity contribution >= 4 is 35.6 Å². The van der Waals surface area contributed by atoms with Crippen LogP contribution in [0.5, 0.6) is 0 Å². The van der Waals surface area contributed by atoms with Crippen molar-refractivity contribution in [2.45, 2.75) is 88.4 Å². The van der Waals surface area contributed by atoms with Gasteiger partial charge < -0.3 is 55.5 Å². The first-order chi connectivity index (χ1) is 18.4. The summed E-state index contributed by atoms with van der Waals surface area (Å²) in [6, 6.07) is -4.49. The summed E-state index contributed by atoms with van der Waals surface area (Å²) < 4.78 is 0. The van der Waals surface area contributed by atoms with Crippen LogP contribution >= 0.6 is 0 Å². The van der Waals surface area contributed by atoms with Crippen LogP contribution in [0.15, 0.2) is 4.99 Å². The number of carbonyl (C=O) groups excluding carboxylic acids is 4. The third-order valence-electron chi connectivity index (χ3n) is 5.76. The number of nitrogens with zero attached hydrogens (tertiary/aromatic N) is 1. The molecule has 224 valence electrons. The zero-order valence-corrected chi connectivity index (χ0v) is 22.4. The number of aliphatic imine (C=N–C) groups is 1. The largest absolute Gasteiger partial charge is 0.480 e. The number of unbranched alkanes of at least 4 members (excludes halogenated alkanes) is 2. The lowest BCUT2D eigenvalue weighted by molar-refractivity contribution is -0.142. The molecule has 39 heavy (non-hydrogen) atoms. The monoisotopic (exact) mass is 558 g/mol. The maximum Gasteiger partial charge on any atom is 0.326 e. The topological polar surface area (TPSA) is 310 Å². The second kappa shape index (κ2) is 20.5. The zero-order chi connectivity index (χ0) is 29.8. The van der Waals surface area contributed by atoms with Gasteiger partial charge in [0.1, 0.15) is 18.1 Å². The third-order valence-corrected chi connectivity index (χ3v) is 5.76. The highest BCUT2D eigenvalue weighted by Gasteiger charge is 2.30. The summed E-state index contributed by atoms with van der Waals surface area (Å²) >= 11 is 0. The van der Waals surface area contributed by atoms with Gasteiger partial charge in [0.05, 0.1) is 6.04 Å². The highest BCUT2D eigenvalue weighted by atomic mass is 16.4. The summed E-state index contributed by atoms with van der Waals surface area (Å²) in [6.45, 7) is 0.999. The highest BCUT2D eigenvalue weighted by molar-refractivity contribution is 5.94. The fourth-order valence-corrected chi connectivity index (χ4v) is 3.54. The molecule has 0 aliphatic rings. The summed E-state index contributed by atoms with van der Waals surface area (Å²) in [4.78, 5) is 65.5. The van der Waals surface area contributed by atoms with Crippen LogP contribution in [-0.2, 0) is 24.0 Å². The summed E-state index contributed by atoms with van der Waals surface area (Å²) in [5, 5.41) is 17.0. The summed E-state index contributed by atoms with van der Waals surface area (Å²) in [5.74, 6) is -4.23. The van der Waals surface area contributed by atoms with Crippen LogP contribution < -0.4 is 50.4 Å². The van der Waals surface area contributed by atoms with Gasteiger partial charge in [-0.05, 0) is 64.5 Å². The number of guanidine groups is 1. The van der Waals surface area contributed by atoms with Crippen LogP contribution in [-0.4, -0.2) is 84.5 Å². The number of carboxylic acids is 1. The van der Waals surface area contributed by atoms with E-state index in [2.05, 4.69) is 20.9 Å². The SMILES string of the molecule is NCCCCC(N)C(=O)NC(CCCCN)C(=O)NC(CCC(N)=O)C(=O)NC(CCCN=C(N)N)C(=O)O. The Bertz CT molecular complexity index is 821. The molecule has 0 aromatic heterocycles. The van der Waals surface area contributed by atoms with Crippen LogP contribution in [0.1, 0.15) is 64.2 Å². The second-order valence-corrected chi connectivity index (χ2v) is 9.15. The Morgan fingerprint density at radius 3 is 1.67 bits per heavy atom. The molecule has 0 saturated carbocycles. The molecule has 0 radical (unpaired) electrons. The van der Waals surface area contributed by atoms with E-state index in [-0.39, 0.29) is 44.6 Å². The lowest BCUT2D eigenvalue weighted by Gasteiger charge is -2.25.